The molecule has 2 aliphatic heterocycles. The Morgan fingerprint density at radius 3 is 1.59 bits per heavy atom. The van der Waals surface area contributed by atoms with E-state index in [1.165, 1.54) is 84.9 Å². The summed E-state index contributed by atoms with van der Waals surface area (Å²) >= 11 is 1.66. The maximum Gasteiger partial charge on any atom is 0.241 e. The van der Waals surface area contributed by atoms with Crippen LogP contribution in [0.3, 0.4) is 0 Å². The Labute approximate surface area is 335 Å². The fourth-order valence-electron chi connectivity index (χ4n) is 9.50. The zero-order chi connectivity index (χ0) is 38.6. The molecule has 6 aliphatic rings. The molecule has 0 atom stereocenters. The molecule has 2 aromatic heterocycles. The van der Waals surface area contributed by atoms with Crippen LogP contribution in [0.15, 0.2) is 67.1 Å². The highest BCUT2D eigenvalue weighted by atomic mass is 32.2. The molecule has 0 N–H and O–H groups in total. The summed E-state index contributed by atoms with van der Waals surface area (Å²) in [5.41, 5.74) is 17.5. The van der Waals surface area contributed by atoms with Gasteiger partial charge in [-0.25, -0.2) is 8.42 Å². The fraction of sp³-hybridized carbons (Fsp3) is 0.500. The Morgan fingerprint density at radius 2 is 1.09 bits per heavy atom. The summed E-state index contributed by atoms with van der Waals surface area (Å²) in [7, 11) is -3.70. The number of hydrogen-bond donors (Lipinski definition) is 0. The zero-order valence-electron chi connectivity index (χ0n) is 33.1. The van der Waals surface area contributed by atoms with Crippen molar-refractivity contribution in [3.8, 4) is 0 Å². The summed E-state index contributed by atoms with van der Waals surface area (Å²) in [6, 6.07) is 9.04. The number of fused-ring (bicyclic) bond motifs is 4. The highest BCUT2D eigenvalue weighted by molar-refractivity contribution is 8.14. The van der Waals surface area contributed by atoms with Crippen LogP contribution in [0.25, 0.3) is 0 Å². The van der Waals surface area contributed by atoms with Crippen molar-refractivity contribution < 1.29 is 8.42 Å². The van der Waals surface area contributed by atoms with E-state index in [4.69, 9.17) is 0 Å². The second kappa shape index (κ2) is 15.3. The zero-order valence-corrected chi connectivity index (χ0v) is 34.8. The van der Waals surface area contributed by atoms with Gasteiger partial charge in [0.05, 0.1) is 11.4 Å². The van der Waals surface area contributed by atoms with Crippen LogP contribution >= 0.6 is 11.8 Å². The maximum atomic E-state index is 13.0. The molecule has 0 radical (unpaired) electrons. The van der Waals surface area contributed by atoms with Crippen LogP contribution in [-0.4, -0.2) is 49.5 Å². The number of aryl methyl sites for hydroxylation is 4. The molecule has 10 nitrogen and oxygen atoms in total. The SMILES string of the molecule is CC(C)n1ccc(S(=O)(=O)C2=NN=C(Cc3c4c(cc5c3CCC5)CCC4)C2)n1.CC(C)n1ccc(SC2=NN=C(Cc3c4c(cc5c3CCC5)CCC4)C2)n1. The van der Waals surface area contributed by atoms with E-state index in [1.807, 2.05) is 24.7 Å². The largest absolute Gasteiger partial charge is 0.269 e. The highest BCUT2D eigenvalue weighted by Gasteiger charge is 2.32. The molecule has 2 aromatic carbocycles. The van der Waals surface area contributed by atoms with E-state index in [1.54, 1.807) is 56.5 Å². The van der Waals surface area contributed by atoms with Gasteiger partial charge in [-0.15, -0.1) is 10.2 Å². The van der Waals surface area contributed by atoms with Crippen LogP contribution < -0.4 is 0 Å². The molecule has 0 fully saturated rings. The molecule has 0 spiro atoms. The van der Waals surface area contributed by atoms with E-state index in [2.05, 4.69) is 62.6 Å². The Balaban J connectivity index is 0.000000147. The van der Waals surface area contributed by atoms with Gasteiger partial charge in [0, 0.05) is 50.2 Å². The summed E-state index contributed by atoms with van der Waals surface area (Å²) in [4.78, 5) is 0. The summed E-state index contributed by atoms with van der Waals surface area (Å²) in [5.74, 6) is 0. The van der Waals surface area contributed by atoms with Gasteiger partial charge in [0.15, 0.2) is 10.1 Å². The molecular weight excluding hydrogens is 737 g/mol. The van der Waals surface area contributed by atoms with Gasteiger partial charge < -0.3 is 0 Å². The smallest absolute Gasteiger partial charge is 0.241 e. The number of nitrogens with zero attached hydrogens (tertiary/aromatic N) is 8. The lowest BCUT2D eigenvalue weighted by molar-refractivity contribution is 0.517. The second-order valence-corrected chi connectivity index (χ2v) is 19.8. The highest BCUT2D eigenvalue weighted by Crippen LogP contribution is 2.38. The van der Waals surface area contributed by atoms with Crippen molar-refractivity contribution in [2.45, 2.75) is 153 Å². The molecular formula is C44H52N8O2S2. The van der Waals surface area contributed by atoms with Gasteiger partial charge in [0.2, 0.25) is 9.84 Å². The number of rotatable bonds is 8. The lowest BCUT2D eigenvalue weighted by Crippen LogP contribution is -2.18. The minimum atomic E-state index is -3.70. The number of benzene rings is 2. The quantitative estimate of drug-likeness (QED) is 0.177. The van der Waals surface area contributed by atoms with Crippen molar-refractivity contribution in [1.82, 2.24) is 19.6 Å². The molecule has 10 rings (SSSR count). The van der Waals surface area contributed by atoms with E-state index >= 15 is 0 Å². The van der Waals surface area contributed by atoms with Crippen molar-refractivity contribution in [3.05, 3.63) is 92.3 Å². The minimum Gasteiger partial charge on any atom is -0.269 e. The Bertz CT molecular complexity index is 2380. The Kier molecular flexibility index (Phi) is 10.2. The van der Waals surface area contributed by atoms with Crippen molar-refractivity contribution in [2.75, 3.05) is 0 Å². The first-order chi connectivity index (χ1) is 27.1. The summed E-state index contributed by atoms with van der Waals surface area (Å²) in [5, 5.41) is 28.5. The molecule has 0 saturated carbocycles. The molecule has 4 heterocycles. The van der Waals surface area contributed by atoms with Gasteiger partial charge in [-0.3, -0.25) is 9.36 Å². The van der Waals surface area contributed by atoms with Crippen LogP contribution in [0.1, 0.15) is 134 Å². The molecule has 12 heteroatoms. The molecule has 56 heavy (non-hydrogen) atoms. The summed E-state index contributed by atoms with van der Waals surface area (Å²) in [6.45, 7) is 8.22. The predicted molar refractivity (Wildman–Crippen MR) is 226 cm³/mol. The lowest BCUT2D eigenvalue weighted by atomic mass is 9.90. The van der Waals surface area contributed by atoms with Crippen LogP contribution in [0.2, 0.25) is 0 Å². The molecule has 0 bridgehead atoms. The summed E-state index contributed by atoms with van der Waals surface area (Å²) in [6.07, 6.45) is 21.3. The van der Waals surface area contributed by atoms with Crippen molar-refractivity contribution in [2.24, 2.45) is 20.4 Å². The number of hydrogen-bond acceptors (Lipinski definition) is 9. The normalized spacial score (nSPS) is 18.1. The molecule has 0 unspecified atom stereocenters. The molecule has 4 aromatic rings. The van der Waals surface area contributed by atoms with Gasteiger partial charge in [0.1, 0.15) is 10.1 Å². The van der Waals surface area contributed by atoms with E-state index < -0.39 is 9.84 Å². The van der Waals surface area contributed by atoms with Crippen LogP contribution in [0, 0.1) is 0 Å². The van der Waals surface area contributed by atoms with Gasteiger partial charge in [-0.05, 0) is 173 Å². The molecule has 0 saturated heterocycles. The van der Waals surface area contributed by atoms with E-state index in [9.17, 15) is 8.42 Å². The second-order valence-electron chi connectivity index (χ2n) is 16.8. The van der Waals surface area contributed by atoms with Crippen molar-refractivity contribution in [3.63, 3.8) is 0 Å². The van der Waals surface area contributed by atoms with Crippen molar-refractivity contribution in [1.29, 1.82) is 0 Å². The van der Waals surface area contributed by atoms with Crippen LogP contribution in [0.5, 0.6) is 0 Å². The average molecular weight is 789 g/mol. The first kappa shape index (κ1) is 37.4. The number of aromatic nitrogens is 4. The van der Waals surface area contributed by atoms with Gasteiger partial charge >= 0.3 is 0 Å². The molecule has 292 valence electrons. The van der Waals surface area contributed by atoms with Crippen LogP contribution in [0.4, 0.5) is 0 Å². The summed E-state index contributed by atoms with van der Waals surface area (Å²) < 4.78 is 29.6. The third-order valence-corrected chi connectivity index (χ3v) is 14.8. The fourth-order valence-corrected chi connectivity index (χ4v) is 11.5. The third-order valence-electron chi connectivity index (χ3n) is 12.3. The monoisotopic (exact) mass is 788 g/mol. The molecule has 0 amide bonds. The lowest BCUT2D eigenvalue weighted by Gasteiger charge is -2.15. The van der Waals surface area contributed by atoms with Gasteiger partial charge in [-0.2, -0.15) is 20.4 Å². The Hall–Kier alpha value is -4.16. The predicted octanol–water partition coefficient (Wildman–Crippen LogP) is 8.55. The average Bonchev–Trinajstić information content (AvgIpc) is 4.00. The minimum absolute atomic E-state index is 0.0582. The van der Waals surface area contributed by atoms with Crippen LogP contribution in [-0.2, 0) is 74.0 Å². The number of thioether (sulfide) groups is 1. The maximum absolute atomic E-state index is 13.0. The standard InChI is InChI=1S/C22H26N4O2S.C22H26N4S/c1-14(2)26-10-9-21(25-26)29(27,28)22-13-17(23-24-22)12-20-18-7-3-5-15(18)11-16-6-4-8-19(16)20;1-14(2)26-10-9-21(25-26)27-22-13-17(23-24-22)12-20-18-7-3-5-15(18)11-16-6-4-8-19(16)20/h9-11,14H,3-8,12-13H2,1-2H3;9-11,14H,3-8,12-13H2,1-2H3. The number of sulfone groups is 1. The first-order valence-corrected chi connectivity index (χ1v) is 23.0. The Morgan fingerprint density at radius 1 is 0.607 bits per heavy atom. The molecule has 4 aliphatic carbocycles. The topological polar surface area (TPSA) is 119 Å². The third kappa shape index (κ3) is 7.27. The van der Waals surface area contributed by atoms with Gasteiger partial charge in [0.25, 0.3) is 0 Å². The van der Waals surface area contributed by atoms with E-state index in [0.29, 0.717) is 12.5 Å². The van der Waals surface area contributed by atoms with Crippen molar-refractivity contribution >= 4 is 43.1 Å². The van der Waals surface area contributed by atoms with Gasteiger partial charge in [-0.1, -0.05) is 23.9 Å². The first-order valence-electron chi connectivity index (χ1n) is 20.7. The van der Waals surface area contributed by atoms with E-state index in [-0.39, 0.29) is 22.5 Å². The van der Waals surface area contributed by atoms with E-state index in [0.717, 1.165) is 54.3 Å².